The van der Waals surface area contributed by atoms with Crippen molar-refractivity contribution in [2.75, 3.05) is 5.32 Å². The third-order valence-electron chi connectivity index (χ3n) is 5.40. The highest BCUT2D eigenvalue weighted by Crippen LogP contribution is 2.35. The number of carbonyl (C=O) groups excluding carboxylic acids is 2. The Labute approximate surface area is 204 Å². The van der Waals surface area contributed by atoms with E-state index in [0.717, 1.165) is 15.0 Å². The number of nitrogens with one attached hydrogen (secondary N) is 1. The van der Waals surface area contributed by atoms with Crippen LogP contribution in [0.3, 0.4) is 0 Å². The lowest BCUT2D eigenvalue weighted by atomic mass is 10.2. The van der Waals surface area contributed by atoms with Crippen molar-refractivity contribution in [2.45, 2.75) is 20.0 Å². The van der Waals surface area contributed by atoms with E-state index >= 15 is 0 Å². The fourth-order valence-corrected chi connectivity index (χ4v) is 4.89. The number of thiophene rings is 1. The number of esters is 1. The van der Waals surface area contributed by atoms with Crippen LogP contribution in [0.1, 0.15) is 17.5 Å². The normalized spacial score (nSPS) is 12.2. The molecule has 1 atom stereocenters. The van der Waals surface area contributed by atoms with Crippen LogP contribution in [-0.2, 0) is 21.4 Å². The maximum absolute atomic E-state index is 13.0. The number of nitrogens with zero attached hydrogens (tertiary/aromatic N) is 2. The molecule has 7 nitrogen and oxygen atoms in total. The van der Waals surface area contributed by atoms with Gasteiger partial charge in [0, 0.05) is 28.1 Å². The molecule has 0 spiro atoms. The van der Waals surface area contributed by atoms with Gasteiger partial charge in [-0.25, -0.2) is 9.48 Å². The van der Waals surface area contributed by atoms with Crippen LogP contribution in [0.25, 0.3) is 21.8 Å². The molecule has 4 rings (SSSR count). The van der Waals surface area contributed by atoms with Crippen LogP contribution >= 0.6 is 22.9 Å². The Morgan fingerprint density at radius 1 is 1.12 bits per heavy atom. The third kappa shape index (κ3) is 4.55. The van der Waals surface area contributed by atoms with Gasteiger partial charge in [-0.15, -0.1) is 11.3 Å². The molecule has 1 unspecified atom stereocenters. The number of hydrogen-bond donors (Lipinski definition) is 1. The lowest BCUT2D eigenvalue weighted by Crippen LogP contribution is -2.31. The number of hydrogen-bond acceptors (Lipinski definition) is 5. The molecule has 174 valence electrons. The van der Waals surface area contributed by atoms with Gasteiger partial charge >= 0.3 is 5.97 Å². The monoisotopic (exact) mass is 495 g/mol. The molecular formula is C25H22ClN3O4S. The molecule has 0 radical (unpaired) electrons. The molecule has 34 heavy (non-hydrogen) atoms. The van der Waals surface area contributed by atoms with Gasteiger partial charge in [0.05, 0.1) is 16.4 Å². The topological polar surface area (TPSA) is 82.3 Å². The van der Waals surface area contributed by atoms with Gasteiger partial charge in [0.25, 0.3) is 11.5 Å². The lowest BCUT2D eigenvalue weighted by Gasteiger charge is -2.11. The first-order valence-corrected chi connectivity index (χ1v) is 11.7. The largest absolute Gasteiger partial charge is 0.449 e. The Kier molecular flexibility index (Phi) is 6.72. The van der Waals surface area contributed by atoms with Crippen molar-refractivity contribution >= 4 is 56.7 Å². The van der Waals surface area contributed by atoms with E-state index in [1.54, 1.807) is 36.9 Å². The number of anilines is 1. The average molecular weight is 496 g/mol. The van der Waals surface area contributed by atoms with E-state index in [2.05, 4.69) is 5.32 Å². The van der Waals surface area contributed by atoms with E-state index < -0.39 is 18.0 Å². The third-order valence-corrected chi connectivity index (χ3v) is 7.05. The first-order valence-electron chi connectivity index (χ1n) is 10.5. The van der Waals surface area contributed by atoms with Gasteiger partial charge in [-0.1, -0.05) is 48.0 Å². The Morgan fingerprint density at radius 3 is 2.50 bits per heavy atom. The van der Waals surface area contributed by atoms with Crippen molar-refractivity contribution in [1.82, 2.24) is 9.36 Å². The maximum atomic E-state index is 13.0. The van der Waals surface area contributed by atoms with Crippen LogP contribution in [0.4, 0.5) is 5.69 Å². The van der Waals surface area contributed by atoms with E-state index in [1.165, 1.54) is 29.0 Å². The zero-order valence-electron chi connectivity index (χ0n) is 18.7. The van der Waals surface area contributed by atoms with Crippen LogP contribution in [0.2, 0.25) is 5.02 Å². The molecule has 0 bridgehead atoms. The molecule has 2 heterocycles. The second kappa shape index (κ2) is 9.70. The number of aromatic nitrogens is 2. The molecule has 0 aliphatic rings. The van der Waals surface area contributed by atoms with E-state index in [-0.39, 0.29) is 11.2 Å². The minimum Gasteiger partial charge on any atom is -0.449 e. The fraction of sp³-hybridized carbons (Fsp3) is 0.160. The molecule has 0 saturated carbocycles. The van der Waals surface area contributed by atoms with Crippen LogP contribution in [-0.4, -0.2) is 27.3 Å². The van der Waals surface area contributed by atoms with E-state index in [9.17, 15) is 14.4 Å². The average Bonchev–Trinajstić information content (AvgIpc) is 3.26. The molecule has 4 aromatic rings. The molecule has 1 amide bonds. The summed E-state index contributed by atoms with van der Waals surface area (Å²) in [6, 6.07) is 16.8. The molecule has 0 saturated heterocycles. The number of amides is 1. The van der Waals surface area contributed by atoms with Crippen LogP contribution in [0.15, 0.2) is 65.5 Å². The number of rotatable bonds is 6. The van der Waals surface area contributed by atoms with E-state index in [4.69, 9.17) is 16.3 Å². The van der Waals surface area contributed by atoms with Gasteiger partial charge in [0.15, 0.2) is 6.10 Å². The summed E-state index contributed by atoms with van der Waals surface area (Å²) in [6.07, 6.45) is 1.69. The molecule has 0 aliphatic carbocycles. The standard InChI is InChI=1S/C25H22ClN3O4S/c1-15-23(25(32)29(28(15)3)17-9-5-4-6-10-17)27-24(31)16(2)33-21(30)14-13-20-22(26)18-11-7-8-12-19(18)34-20/h4-14,16H,1-3H3,(H,27,31)/b14-13+. The Balaban J connectivity index is 1.45. The molecule has 1 N–H and O–H groups in total. The second-order valence-corrected chi connectivity index (χ2v) is 9.08. The molecule has 0 fully saturated rings. The van der Waals surface area contributed by atoms with Gasteiger partial charge in [-0.05, 0) is 38.1 Å². The van der Waals surface area contributed by atoms with Crippen molar-refractivity contribution in [3.8, 4) is 5.69 Å². The zero-order chi connectivity index (χ0) is 24.4. The number of fused-ring (bicyclic) bond motifs is 1. The SMILES string of the molecule is Cc1c(NC(=O)C(C)OC(=O)/C=C/c2sc3ccccc3c2Cl)c(=O)n(-c2ccccc2)n1C. The summed E-state index contributed by atoms with van der Waals surface area (Å²) < 4.78 is 9.35. The van der Waals surface area contributed by atoms with Crippen molar-refractivity contribution in [3.05, 3.63) is 86.6 Å². The first-order chi connectivity index (χ1) is 16.3. The minimum atomic E-state index is -1.11. The number of para-hydroxylation sites is 1. The number of benzene rings is 2. The Morgan fingerprint density at radius 2 is 1.79 bits per heavy atom. The zero-order valence-corrected chi connectivity index (χ0v) is 20.3. The first kappa shape index (κ1) is 23.5. The van der Waals surface area contributed by atoms with Crippen LogP contribution in [0, 0.1) is 6.92 Å². The van der Waals surface area contributed by atoms with Gasteiger partial charge in [-0.2, -0.15) is 0 Å². The maximum Gasteiger partial charge on any atom is 0.331 e. The second-order valence-electron chi connectivity index (χ2n) is 7.61. The predicted octanol–water partition coefficient (Wildman–Crippen LogP) is 4.94. The van der Waals surface area contributed by atoms with Gasteiger partial charge < -0.3 is 10.1 Å². The van der Waals surface area contributed by atoms with Crippen molar-refractivity contribution in [3.63, 3.8) is 0 Å². The van der Waals surface area contributed by atoms with Crippen molar-refractivity contribution < 1.29 is 14.3 Å². The summed E-state index contributed by atoms with van der Waals surface area (Å²) in [4.78, 5) is 38.6. The van der Waals surface area contributed by atoms with Gasteiger partial charge in [0.2, 0.25) is 0 Å². The van der Waals surface area contributed by atoms with Crippen molar-refractivity contribution in [1.29, 1.82) is 0 Å². The fourth-order valence-electron chi connectivity index (χ4n) is 3.49. The molecule has 2 aromatic heterocycles. The van der Waals surface area contributed by atoms with Gasteiger partial charge in [-0.3, -0.25) is 14.3 Å². The lowest BCUT2D eigenvalue weighted by molar-refractivity contribution is -0.148. The summed E-state index contributed by atoms with van der Waals surface area (Å²) >= 11 is 7.84. The Hall–Kier alpha value is -3.62. The summed E-state index contributed by atoms with van der Waals surface area (Å²) in [7, 11) is 1.73. The minimum absolute atomic E-state index is 0.131. The number of ether oxygens (including phenoxy) is 1. The summed E-state index contributed by atoms with van der Waals surface area (Å²) in [5, 5.41) is 4.07. The van der Waals surface area contributed by atoms with Gasteiger partial charge in [0.1, 0.15) is 5.69 Å². The highest BCUT2D eigenvalue weighted by molar-refractivity contribution is 7.20. The molecular weight excluding hydrogens is 474 g/mol. The summed E-state index contributed by atoms with van der Waals surface area (Å²) in [6.45, 7) is 3.17. The van der Waals surface area contributed by atoms with Crippen LogP contribution in [0.5, 0.6) is 0 Å². The molecule has 9 heteroatoms. The smallest absolute Gasteiger partial charge is 0.331 e. The Bertz CT molecular complexity index is 1470. The van der Waals surface area contributed by atoms with E-state index in [1.807, 2.05) is 42.5 Å². The summed E-state index contributed by atoms with van der Waals surface area (Å²) in [5.41, 5.74) is 0.993. The van der Waals surface area contributed by atoms with E-state index in [0.29, 0.717) is 16.4 Å². The molecule has 2 aromatic carbocycles. The van der Waals surface area contributed by atoms with Crippen LogP contribution < -0.4 is 10.9 Å². The highest BCUT2D eigenvalue weighted by Gasteiger charge is 2.22. The quantitative estimate of drug-likeness (QED) is 0.303. The number of carbonyl (C=O) groups is 2. The number of halogens is 1. The predicted molar refractivity (Wildman–Crippen MR) is 136 cm³/mol. The molecule has 0 aliphatic heterocycles. The highest BCUT2D eigenvalue weighted by atomic mass is 35.5. The van der Waals surface area contributed by atoms with Crippen molar-refractivity contribution in [2.24, 2.45) is 7.05 Å². The summed E-state index contributed by atoms with van der Waals surface area (Å²) in [5.74, 6) is -1.30.